The minimum absolute atomic E-state index is 0.773. The first-order chi connectivity index (χ1) is 9.38. The van der Waals surface area contributed by atoms with Crippen LogP contribution >= 0.6 is 0 Å². The summed E-state index contributed by atoms with van der Waals surface area (Å²) >= 11 is 0. The van der Waals surface area contributed by atoms with Crippen LogP contribution in [0.4, 0.5) is 0 Å². The predicted molar refractivity (Wildman–Crippen MR) is 76.0 cm³/mol. The van der Waals surface area contributed by atoms with Crippen LogP contribution in [0.3, 0.4) is 0 Å². The maximum absolute atomic E-state index is 6.05. The first kappa shape index (κ1) is 10.4. The molecule has 0 saturated heterocycles. The van der Waals surface area contributed by atoms with E-state index in [9.17, 15) is 0 Å². The number of hydrogen-bond acceptors (Lipinski definition) is 2. The van der Waals surface area contributed by atoms with E-state index < -0.39 is 0 Å². The van der Waals surface area contributed by atoms with Crippen LogP contribution in [0.2, 0.25) is 0 Å². The second-order valence-corrected chi connectivity index (χ2v) is 4.60. The average Bonchev–Trinajstić information content (AvgIpc) is 2.48. The molecule has 2 nitrogen and oxygen atoms in total. The van der Waals surface area contributed by atoms with Gasteiger partial charge in [0.15, 0.2) is 11.5 Å². The van der Waals surface area contributed by atoms with E-state index in [1.165, 1.54) is 10.9 Å². The molecule has 0 radical (unpaired) electrons. The molecule has 0 saturated carbocycles. The third-order valence-electron chi connectivity index (χ3n) is 3.57. The van der Waals surface area contributed by atoms with Crippen molar-refractivity contribution in [3.8, 4) is 28.4 Å². The van der Waals surface area contributed by atoms with Gasteiger partial charge >= 0.3 is 0 Å². The molecule has 0 aliphatic carbocycles. The smallest absolute Gasteiger partial charge is 0.177 e. The molecule has 3 aromatic rings. The molecule has 0 unspecified atom stereocenters. The van der Waals surface area contributed by atoms with Crippen LogP contribution in [0.5, 0.6) is 17.2 Å². The SMILES string of the molecule is COc1ccc2cccc3c2c1Oc1ccccc1-3. The predicted octanol–water partition coefficient (Wildman–Crippen LogP) is 4.62. The zero-order chi connectivity index (χ0) is 12.8. The Labute approximate surface area is 111 Å². The molecular formula is C17H12O2. The van der Waals surface area contributed by atoms with E-state index in [4.69, 9.17) is 9.47 Å². The van der Waals surface area contributed by atoms with Crippen LogP contribution in [-0.2, 0) is 0 Å². The summed E-state index contributed by atoms with van der Waals surface area (Å²) in [6, 6.07) is 18.4. The van der Waals surface area contributed by atoms with Gasteiger partial charge in [-0.15, -0.1) is 0 Å². The summed E-state index contributed by atoms with van der Waals surface area (Å²) in [5.41, 5.74) is 2.34. The van der Waals surface area contributed by atoms with Crippen LogP contribution in [-0.4, -0.2) is 7.11 Å². The highest BCUT2D eigenvalue weighted by molar-refractivity contribution is 6.05. The van der Waals surface area contributed by atoms with Crippen LogP contribution < -0.4 is 9.47 Å². The third-order valence-corrected chi connectivity index (χ3v) is 3.57. The molecule has 0 bridgehead atoms. The average molecular weight is 248 g/mol. The van der Waals surface area contributed by atoms with Crippen molar-refractivity contribution in [2.75, 3.05) is 7.11 Å². The van der Waals surface area contributed by atoms with E-state index in [1.807, 2.05) is 24.3 Å². The number of methoxy groups -OCH3 is 1. The summed E-state index contributed by atoms with van der Waals surface area (Å²) in [5, 5.41) is 2.29. The van der Waals surface area contributed by atoms with Crippen molar-refractivity contribution >= 4 is 10.8 Å². The molecule has 0 atom stereocenters. The maximum atomic E-state index is 6.05. The molecule has 0 aromatic heterocycles. The lowest BCUT2D eigenvalue weighted by Crippen LogP contribution is -1.99. The molecule has 1 aliphatic heterocycles. The minimum atomic E-state index is 0.773. The summed E-state index contributed by atoms with van der Waals surface area (Å²) in [7, 11) is 1.67. The van der Waals surface area contributed by atoms with E-state index in [0.717, 1.165) is 28.2 Å². The van der Waals surface area contributed by atoms with E-state index in [-0.39, 0.29) is 0 Å². The van der Waals surface area contributed by atoms with Gasteiger partial charge in [0.2, 0.25) is 0 Å². The molecule has 1 aliphatic rings. The fourth-order valence-corrected chi connectivity index (χ4v) is 2.70. The molecular weight excluding hydrogens is 236 g/mol. The lowest BCUT2D eigenvalue weighted by molar-refractivity contribution is 0.381. The Hall–Kier alpha value is -2.48. The standard InChI is InChI=1S/C17H12O2/c1-18-15-10-9-11-5-4-7-13-12-6-2-3-8-14(12)19-17(15)16(11)13/h2-10H,1H3. The van der Waals surface area contributed by atoms with Crippen LogP contribution in [0.1, 0.15) is 0 Å². The number of ether oxygens (including phenoxy) is 2. The van der Waals surface area contributed by atoms with Crippen molar-refractivity contribution in [1.82, 2.24) is 0 Å². The fraction of sp³-hybridized carbons (Fsp3) is 0.0588. The highest BCUT2D eigenvalue weighted by Crippen LogP contribution is 2.49. The Morgan fingerprint density at radius 3 is 2.58 bits per heavy atom. The first-order valence-corrected chi connectivity index (χ1v) is 6.25. The third kappa shape index (κ3) is 1.37. The van der Waals surface area contributed by atoms with Crippen molar-refractivity contribution < 1.29 is 9.47 Å². The molecule has 0 N–H and O–H groups in total. The van der Waals surface area contributed by atoms with Gasteiger partial charge in [0.1, 0.15) is 5.75 Å². The second kappa shape index (κ2) is 3.75. The van der Waals surface area contributed by atoms with Crippen LogP contribution in [0.25, 0.3) is 21.9 Å². The Kier molecular flexibility index (Phi) is 2.06. The number of benzene rings is 3. The van der Waals surface area contributed by atoms with Crippen molar-refractivity contribution in [1.29, 1.82) is 0 Å². The van der Waals surface area contributed by atoms with Gasteiger partial charge in [0.05, 0.1) is 7.11 Å². The summed E-state index contributed by atoms with van der Waals surface area (Å²) < 4.78 is 11.5. The molecule has 92 valence electrons. The lowest BCUT2D eigenvalue weighted by Gasteiger charge is -2.22. The largest absolute Gasteiger partial charge is 0.493 e. The number of hydrogen-bond donors (Lipinski definition) is 0. The zero-order valence-electron chi connectivity index (χ0n) is 10.5. The Morgan fingerprint density at radius 1 is 0.842 bits per heavy atom. The van der Waals surface area contributed by atoms with Gasteiger partial charge in [0.25, 0.3) is 0 Å². The number of fused-ring (bicyclic) bond motifs is 2. The second-order valence-electron chi connectivity index (χ2n) is 4.60. The van der Waals surface area contributed by atoms with E-state index in [0.29, 0.717) is 0 Å². The highest BCUT2D eigenvalue weighted by atomic mass is 16.5. The molecule has 1 heterocycles. The number of rotatable bonds is 1. The van der Waals surface area contributed by atoms with Gasteiger partial charge in [-0.1, -0.05) is 42.5 Å². The summed E-state index contributed by atoms with van der Waals surface area (Å²) in [6.45, 7) is 0. The van der Waals surface area contributed by atoms with Gasteiger partial charge in [0, 0.05) is 10.9 Å². The minimum Gasteiger partial charge on any atom is -0.493 e. The summed E-state index contributed by atoms with van der Waals surface area (Å²) in [4.78, 5) is 0. The van der Waals surface area contributed by atoms with Crippen LogP contribution in [0.15, 0.2) is 54.6 Å². The molecule has 19 heavy (non-hydrogen) atoms. The first-order valence-electron chi connectivity index (χ1n) is 6.25. The van der Waals surface area contributed by atoms with E-state index in [2.05, 4.69) is 30.3 Å². The Bertz CT molecular complexity index is 790. The van der Waals surface area contributed by atoms with E-state index in [1.54, 1.807) is 7.11 Å². The Balaban J connectivity index is 2.18. The topological polar surface area (TPSA) is 18.5 Å². The summed E-state index contributed by atoms with van der Waals surface area (Å²) in [6.07, 6.45) is 0. The van der Waals surface area contributed by atoms with Gasteiger partial charge in [-0.25, -0.2) is 0 Å². The maximum Gasteiger partial charge on any atom is 0.177 e. The zero-order valence-corrected chi connectivity index (χ0v) is 10.5. The van der Waals surface area contributed by atoms with Gasteiger partial charge < -0.3 is 9.47 Å². The molecule has 4 rings (SSSR count). The molecule has 3 aromatic carbocycles. The van der Waals surface area contributed by atoms with E-state index >= 15 is 0 Å². The molecule has 0 fully saturated rings. The Morgan fingerprint density at radius 2 is 1.68 bits per heavy atom. The van der Waals surface area contributed by atoms with Crippen molar-refractivity contribution in [3.05, 3.63) is 54.6 Å². The quantitative estimate of drug-likeness (QED) is 0.489. The monoisotopic (exact) mass is 248 g/mol. The molecule has 0 amide bonds. The normalized spacial score (nSPS) is 11.8. The van der Waals surface area contributed by atoms with Crippen molar-refractivity contribution in [3.63, 3.8) is 0 Å². The molecule has 0 spiro atoms. The van der Waals surface area contributed by atoms with Crippen molar-refractivity contribution in [2.24, 2.45) is 0 Å². The van der Waals surface area contributed by atoms with Gasteiger partial charge in [-0.2, -0.15) is 0 Å². The van der Waals surface area contributed by atoms with Gasteiger partial charge in [-0.3, -0.25) is 0 Å². The number of para-hydroxylation sites is 1. The summed E-state index contributed by atoms with van der Waals surface area (Å²) in [5.74, 6) is 2.47. The highest BCUT2D eigenvalue weighted by Gasteiger charge is 2.22. The molecule has 2 heteroatoms. The van der Waals surface area contributed by atoms with Gasteiger partial charge in [-0.05, 0) is 23.1 Å². The fourth-order valence-electron chi connectivity index (χ4n) is 2.70. The lowest BCUT2D eigenvalue weighted by atomic mass is 9.94. The van der Waals surface area contributed by atoms with Crippen molar-refractivity contribution in [2.45, 2.75) is 0 Å². The van der Waals surface area contributed by atoms with Crippen LogP contribution in [0, 0.1) is 0 Å².